The van der Waals surface area contributed by atoms with Gasteiger partial charge in [0.05, 0.1) is 28.1 Å². The molecule has 0 atom stereocenters. The fraction of sp³-hybridized carbons (Fsp3) is 0.234. The first-order chi connectivity index (χ1) is 26.2. The molecule has 0 N–H and O–H groups in total. The zero-order chi connectivity index (χ0) is 38.8. The van der Waals surface area contributed by atoms with Crippen molar-refractivity contribution in [1.29, 1.82) is 0 Å². The van der Waals surface area contributed by atoms with Gasteiger partial charge in [0.2, 0.25) is 5.78 Å². The smallest absolute Gasteiger partial charge is 0.274 e. The van der Waals surface area contributed by atoms with Gasteiger partial charge in [-0.15, -0.1) is 0 Å². The van der Waals surface area contributed by atoms with Gasteiger partial charge in [-0.1, -0.05) is 167 Å². The monoisotopic (exact) mass is 739 g/mol. The van der Waals surface area contributed by atoms with Gasteiger partial charge >= 0.3 is 0 Å². The third-order valence-corrected chi connectivity index (χ3v) is 7.03. The zero-order valence-corrected chi connectivity index (χ0v) is 32.5. The van der Waals surface area contributed by atoms with Gasteiger partial charge < -0.3 is 0 Å². The van der Waals surface area contributed by atoms with E-state index >= 15 is 0 Å². The number of imidazole rings is 1. The molecule has 9 rings (SSSR count). The quantitative estimate of drug-likeness (QED) is 0.154. The molecule has 0 radical (unpaired) electrons. The van der Waals surface area contributed by atoms with Crippen LogP contribution in [0.5, 0.6) is 0 Å². The van der Waals surface area contributed by atoms with E-state index in [-0.39, 0.29) is 20.4 Å². The third-order valence-electron chi connectivity index (χ3n) is 7.03. The fourth-order valence-electron chi connectivity index (χ4n) is 4.75. The van der Waals surface area contributed by atoms with Gasteiger partial charge in [-0.2, -0.15) is 5.10 Å². The van der Waals surface area contributed by atoms with Crippen molar-refractivity contribution in [2.24, 2.45) is 7.05 Å². The summed E-state index contributed by atoms with van der Waals surface area (Å²) in [4.78, 5) is 28.0. The van der Waals surface area contributed by atoms with Crippen LogP contribution >= 0.6 is 0 Å². The van der Waals surface area contributed by atoms with Gasteiger partial charge in [0.1, 0.15) is 0 Å². The highest BCUT2D eigenvalue weighted by Gasteiger charge is 1.99. The SMILES string of the molecule is C.C.CC.CC.CC.CC.Cn1ncc2ccccc2c1=O.c1ccc2c(c1)cnc1nccn12.c1ccc2ccccc2c1.c1ccc2nccnc2c1. The Kier molecular flexibility index (Phi) is 25.0. The minimum Gasteiger partial charge on any atom is -0.284 e. The number of nitrogens with zero attached hydrogens (tertiary/aromatic N) is 7. The molecule has 0 unspecified atom stereocenters. The van der Waals surface area contributed by atoms with Crippen LogP contribution in [0.15, 0.2) is 163 Å². The van der Waals surface area contributed by atoms with Crippen LogP contribution in [-0.4, -0.2) is 34.1 Å². The van der Waals surface area contributed by atoms with Crippen molar-refractivity contribution in [1.82, 2.24) is 34.1 Å². The summed E-state index contributed by atoms with van der Waals surface area (Å²) in [6.45, 7) is 16.0. The van der Waals surface area contributed by atoms with Crippen LogP contribution < -0.4 is 5.56 Å². The topological polar surface area (TPSA) is 90.9 Å². The average molecular weight is 740 g/mol. The molecule has 0 aliphatic heterocycles. The Morgan fingerprint density at radius 2 is 0.891 bits per heavy atom. The molecule has 0 saturated heterocycles. The molecule has 0 saturated carbocycles. The summed E-state index contributed by atoms with van der Waals surface area (Å²) in [6, 6.07) is 40.1. The number of aryl methyl sites for hydroxylation is 1. The first kappa shape index (κ1) is 48.7. The number of rotatable bonds is 0. The maximum atomic E-state index is 11.4. The first-order valence-electron chi connectivity index (χ1n) is 18.3. The van der Waals surface area contributed by atoms with E-state index in [2.05, 4.69) is 79.6 Å². The van der Waals surface area contributed by atoms with E-state index < -0.39 is 0 Å². The van der Waals surface area contributed by atoms with Gasteiger partial charge in [-0.3, -0.25) is 19.2 Å². The maximum absolute atomic E-state index is 11.4. The molecule has 8 heteroatoms. The molecule has 0 bridgehead atoms. The molecule has 0 aliphatic rings. The lowest BCUT2D eigenvalue weighted by atomic mass is 10.1. The molecule has 9 aromatic rings. The third kappa shape index (κ3) is 14.2. The van der Waals surface area contributed by atoms with Crippen molar-refractivity contribution >= 4 is 49.3 Å². The van der Waals surface area contributed by atoms with E-state index in [0.29, 0.717) is 0 Å². The number of fused-ring (bicyclic) bond motifs is 6. The Balaban J connectivity index is 0.000000661. The van der Waals surface area contributed by atoms with Crippen LogP contribution in [0.3, 0.4) is 0 Å². The van der Waals surface area contributed by atoms with E-state index in [9.17, 15) is 4.79 Å². The maximum Gasteiger partial charge on any atom is 0.274 e. The lowest BCUT2D eigenvalue weighted by Crippen LogP contribution is -2.18. The molecule has 0 amide bonds. The molecular formula is C47H61N7O. The highest BCUT2D eigenvalue weighted by molar-refractivity contribution is 5.82. The van der Waals surface area contributed by atoms with E-state index in [1.807, 2.05) is 133 Å². The highest BCUT2D eigenvalue weighted by atomic mass is 16.1. The van der Waals surface area contributed by atoms with Crippen molar-refractivity contribution in [3.05, 3.63) is 169 Å². The summed E-state index contributed by atoms with van der Waals surface area (Å²) in [7, 11) is 1.65. The standard InChI is InChI=1S/C10H7N3.C10H8.C9H8N2O.C8H6N2.4C2H6.2CH4/c1-2-4-9-8(3-1)7-12-10-11-5-6-13(9)10;1-2-6-10-8-4-3-7-9(10)5-1;1-11-9(12)8-5-3-2-4-7(8)6-10-11;1-2-4-8-7(3-1)9-5-6-10-8;4*1-2;;/h1-7H;1-8H;2-6H,1H3;1-6H;4*1-2H3;2*1H4. The largest absolute Gasteiger partial charge is 0.284 e. The predicted molar refractivity (Wildman–Crippen MR) is 240 cm³/mol. The fourth-order valence-corrected chi connectivity index (χ4v) is 4.75. The van der Waals surface area contributed by atoms with Crippen molar-refractivity contribution in [3.8, 4) is 0 Å². The van der Waals surface area contributed by atoms with Crippen LogP contribution in [0, 0.1) is 0 Å². The van der Waals surface area contributed by atoms with Crippen molar-refractivity contribution in [2.45, 2.75) is 70.2 Å². The molecule has 4 aromatic heterocycles. The molecule has 0 aliphatic carbocycles. The van der Waals surface area contributed by atoms with Crippen LogP contribution in [0.2, 0.25) is 0 Å². The summed E-state index contributed by atoms with van der Waals surface area (Å²) in [6.07, 6.45) is 10.6. The van der Waals surface area contributed by atoms with Gasteiger partial charge in [0.15, 0.2) is 0 Å². The van der Waals surface area contributed by atoms with Gasteiger partial charge in [-0.05, 0) is 35.0 Å². The molecule has 55 heavy (non-hydrogen) atoms. The Labute approximate surface area is 328 Å². The van der Waals surface area contributed by atoms with Gasteiger partial charge in [0.25, 0.3) is 5.56 Å². The van der Waals surface area contributed by atoms with E-state index in [1.54, 1.807) is 37.9 Å². The molecule has 5 aromatic carbocycles. The van der Waals surface area contributed by atoms with Crippen LogP contribution in [0.25, 0.3) is 49.3 Å². The van der Waals surface area contributed by atoms with Crippen molar-refractivity contribution < 1.29 is 0 Å². The number of hydrogen-bond acceptors (Lipinski definition) is 6. The number of aromatic nitrogens is 7. The summed E-state index contributed by atoms with van der Waals surface area (Å²) in [5.74, 6) is 0.749. The second-order valence-electron chi connectivity index (χ2n) is 9.97. The van der Waals surface area contributed by atoms with Gasteiger partial charge in [-0.25, -0.2) is 14.6 Å². The zero-order valence-electron chi connectivity index (χ0n) is 32.5. The van der Waals surface area contributed by atoms with E-state index in [0.717, 1.165) is 38.5 Å². The Bertz CT molecular complexity index is 2200. The van der Waals surface area contributed by atoms with Crippen molar-refractivity contribution in [3.63, 3.8) is 0 Å². The summed E-state index contributed by atoms with van der Waals surface area (Å²) < 4.78 is 3.32. The Morgan fingerprint density at radius 1 is 0.455 bits per heavy atom. The average Bonchev–Trinajstić information content (AvgIpc) is 3.76. The lowest BCUT2D eigenvalue weighted by Gasteiger charge is -1.98. The Morgan fingerprint density at radius 3 is 1.42 bits per heavy atom. The number of para-hydroxylation sites is 3. The molecule has 4 heterocycles. The predicted octanol–water partition coefficient (Wildman–Crippen LogP) is 12.7. The normalized spacial score (nSPS) is 8.96. The Hall–Kier alpha value is -6.28. The minimum absolute atomic E-state index is 0. The molecule has 0 fully saturated rings. The second kappa shape index (κ2) is 28.3. The van der Waals surface area contributed by atoms with E-state index in [4.69, 9.17) is 0 Å². The lowest BCUT2D eigenvalue weighted by molar-refractivity contribution is 0.718. The van der Waals surface area contributed by atoms with Gasteiger partial charge in [0, 0.05) is 48.8 Å². The number of hydrogen-bond donors (Lipinski definition) is 0. The number of benzene rings is 5. The van der Waals surface area contributed by atoms with Crippen LogP contribution in [0.4, 0.5) is 0 Å². The molecule has 290 valence electrons. The second-order valence-corrected chi connectivity index (χ2v) is 9.97. The summed E-state index contributed by atoms with van der Waals surface area (Å²) in [5.41, 5.74) is 2.99. The van der Waals surface area contributed by atoms with Crippen molar-refractivity contribution in [2.75, 3.05) is 0 Å². The summed E-state index contributed by atoms with van der Waals surface area (Å²) in [5, 5.41) is 9.27. The highest BCUT2D eigenvalue weighted by Crippen LogP contribution is 2.13. The van der Waals surface area contributed by atoms with Crippen LogP contribution in [0.1, 0.15) is 70.2 Å². The minimum atomic E-state index is -0.0481. The molecular weight excluding hydrogens is 679 g/mol. The first-order valence-corrected chi connectivity index (χ1v) is 18.3. The van der Waals surface area contributed by atoms with E-state index in [1.165, 1.54) is 15.5 Å². The molecule has 0 spiro atoms. The summed E-state index contributed by atoms with van der Waals surface area (Å²) >= 11 is 0. The molecule has 8 nitrogen and oxygen atoms in total. The van der Waals surface area contributed by atoms with Crippen LogP contribution in [-0.2, 0) is 7.05 Å².